The molecular formula is C14H30N2S. The van der Waals surface area contributed by atoms with E-state index in [1.165, 1.54) is 38.1 Å². The molecule has 0 bridgehead atoms. The minimum Gasteiger partial charge on any atom is -0.312 e. The standard InChI is InChI=1S/C14H30N2S/c1-6-9-15-13-12(7-8-14(13,2)3)17-11-10-16(4)5/h12-13,15H,6-11H2,1-5H3. The van der Waals surface area contributed by atoms with Crippen molar-refractivity contribution >= 4 is 11.8 Å². The van der Waals surface area contributed by atoms with Crippen molar-refractivity contribution in [3.8, 4) is 0 Å². The van der Waals surface area contributed by atoms with Crippen molar-refractivity contribution < 1.29 is 0 Å². The molecule has 0 amide bonds. The predicted octanol–water partition coefficient (Wildman–Crippen LogP) is 2.84. The lowest BCUT2D eigenvalue weighted by molar-refractivity contribution is 0.287. The number of thioether (sulfide) groups is 1. The summed E-state index contributed by atoms with van der Waals surface area (Å²) in [4.78, 5) is 2.28. The van der Waals surface area contributed by atoms with E-state index < -0.39 is 0 Å². The van der Waals surface area contributed by atoms with Crippen LogP contribution in [-0.4, -0.2) is 49.1 Å². The van der Waals surface area contributed by atoms with Crippen LogP contribution >= 0.6 is 11.8 Å². The highest BCUT2D eigenvalue weighted by atomic mass is 32.2. The highest BCUT2D eigenvalue weighted by Gasteiger charge is 2.41. The van der Waals surface area contributed by atoms with E-state index in [1.54, 1.807) is 0 Å². The first kappa shape index (κ1) is 15.3. The molecule has 17 heavy (non-hydrogen) atoms. The van der Waals surface area contributed by atoms with Crippen molar-refractivity contribution in [1.82, 2.24) is 10.2 Å². The quantitative estimate of drug-likeness (QED) is 0.756. The number of hydrogen-bond acceptors (Lipinski definition) is 3. The van der Waals surface area contributed by atoms with Crippen molar-refractivity contribution in [3.63, 3.8) is 0 Å². The van der Waals surface area contributed by atoms with Gasteiger partial charge < -0.3 is 10.2 Å². The zero-order chi connectivity index (χ0) is 12.9. The summed E-state index contributed by atoms with van der Waals surface area (Å²) in [6.07, 6.45) is 3.99. The Morgan fingerprint density at radius 1 is 1.35 bits per heavy atom. The third-order valence-corrected chi connectivity index (χ3v) is 5.13. The SMILES string of the molecule is CCCNC1C(SCCN(C)C)CCC1(C)C. The number of hydrogen-bond donors (Lipinski definition) is 1. The number of nitrogens with zero attached hydrogens (tertiary/aromatic N) is 1. The molecule has 2 nitrogen and oxygen atoms in total. The van der Waals surface area contributed by atoms with Crippen molar-refractivity contribution in [3.05, 3.63) is 0 Å². The minimum absolute atomic E-state index is 0.477. The molecule has 1 saturated carbocycles. The molecule has 1 rings (SSSR count). The fraction of sp³-hybridized carbons (Fsp3) is 1.00. The van der Waals surface area contributed by atoms with Gasteiger partial charge in [0.25, 0.3) is 0 Å². The molecule has 1 N–H and O–H groups in total. The second kappa shape index (κ2) is 7.01. The third-order valence-electron chi connectivity index (χ3n) is 3.77. The van der Waals surface area contributed by atoms with Gasteiger partial charge in [0.2, 0.25) is 0 Å². The molecular weight excluding hydrogens is 228 g/mol. The van der Waals surface area contributed by atoms with Gasteiger partial charge in [0, 0.05) is 23.6 Å². The smallest absolute Gasteiger partial charge is 0.0237 e. The van der Waals surface area contributed by atoms with Gasteiger partial charge >= 0.3 is 0 Å². The van der Waals surface area contributed by atoms with Crippen LogP contribution in [-0.2, 0) is 0 Å². The zero-order valence-electron chi connectivity index (χ0n) is 12.3. The van der Waals surface area contributed by atoms with Gasteiger partial charge in [0.1, 0.15) is 0 Å². The van der Waals surface area contributed by atoms with E-state index in [0.717, 1.165) is 5.25 Å². The van der Waals surface area contributed by atoms with Gasteiger partial charge in [0.05, 0.1) is 0 Å². The molecule has 3 heteroatoms. The molecule has 102 valence electrons. The number of rotatable bonds is 7. The summed E-state index contributed by atoms with van der Waals surface area (Å²) in [6.45, 7) is 9.46. The second-order valence-corrected chi connectivity index (χ2v) is 7.52. The second-order valence-electron chi connectivity index (χ2n) is 6.17. The Morgan fingerprint density at radius 3 is 2.65 bits per heavy atom. The molecule has 0 aromatic carbocycles. The average Bonchev–Trinajstić information content (AvgIpc) is 2.51. The Kier molecular flexibility index (Phi) is 6.32. The summed E-state index contributed by atoms with van der Waals surface area (Å²) in [5.41, 5.74) is 0.477. The van der Waals surface area contributed by atoms with Gasteiger partial charge in [0.15, 0.2) is 0 Å². The first-order chi connectivity index (χ1) is 7.97. The molecule has 0 spiro atoms. The van der Waals surface area contributed by atoms with Gasteiger partial charge in [-0.15, -0.1) is 0 Å². The predicted molar refractivity (Wildman–Crippen MR) is 79.9 cm³/mol. The first-order valence-electron chi connectivity index (χ1n) is 6.97. The maximum absolute atomic E-state index is 3.78. The van der Waals surface area contributed by atoms with Gasteiger partial charge in [-0.3, -0.25) is 0 Å². The van der Waals surface area contributed by atoms with Crippen LogP contribution in [0.3, 0.4) is 0 Å². The Balaban J connectivity index is 2.41. The zero-order valence-corrected chi connectivity index (χ0v) is 13.1. The van der Waals surface area contributed by atoms with Crippen LogP contribution in [0.15, 0.2) is 0 Å². The maximum atomic E-state index is 3.78. The molecule has 0 radical (unpaired) electrons. The van der Waals surface area contributed by atoms with Gasteiger partial charge in [-0.25, -0.2) is 0 Å². The Morgan fingerprint density at radius 2 is 2.06 bits per heavy atom. The van der Waals surface area contributed by atoms with E-state index in [2.05, 4.69) is 56.8 Å². The van der Waals surface area contributed by atoms with E-state index >= 15 is 0 Å². The summed E-state index contributed by atoms with van der Waals surface area (Å²) < 4.78 is 0. The van der Waals surface area contributed by atoms with Crippen LogP contribution in [0, 0.1) is 5.41 Å². The molecule has 0 aromatic rings. The van der Waals surface area contributed by atoms with E-state index in [0.29, 0.717) is 11.5 Å². The minimum atomic E-state index is 0.477. The highest BCUT2D eigenvalue weighted by Crippen LogP contribution is 2.42. The van der Waals surface area contributed by atoms with Crippen LogP contribution in [0.1, 0.15) is 40.0 Å². The van der Waals surface area contributed by atoms with Crippen LogP contribution in [0.5, 0.6) is 0 Å². The Hall–Kier alpha value is 0.270. The van der Waals surface area contributed by atoms with Crippen molar-refractivity contribution in [2.45, 2.75) is 51.3 Å². The Labute approximate surface area is 112 Å². The molecule has 0 aromatic heterocycles. The van der Waals surface area contributed by atoms with Gasteiger partial charge in [-0.2, -0.15) is 11.8 Å². The van der Waals surface area contributed by atoms with E-state index in [1.807, 2.05) is 0 Å². The van der Waals surface area contributed by atoms with Crippen LogP contribution in [0.2, 0.25) is 0 Å². The fourth-order valence-corrected chi connectivity index (χ4v) is 4.33. The van der Waals surface area contributed by atoms with Crippen molar-refractivity contribution in [1.29, 1.82) is 0 Å². The van der Waals surface area contributed by atoms with Crippen LogP contribution in [0.25, 0.3) is 0 Å². The summed E-state index contributed by atoms with van der Waals surface area (Å²) in [5, 5.41) is 4.59. The van der Waals surface area contributed by atoms with Crippen molar-refractivity contribution in [2.24, 2.45) is 5.41 Å². The van der Waals surface area contributed by atoms with Gasteiger partial charge in [-0.1, -0.05) is 20.8 Å². The average molecular weight is 258 g/mol. The summed E-state index contributed by atoms with van der Waals surface area (Å²) in [5.74, 6) is 1.26. The number of nitrogens with one attached hydrogen (secondary N) is 1. The largest absolute Gasteiger partial charge is 0.312 e. The molecule has 1 fully saturated rings. The van der Waals surface area contributed by atoms with E-state index in [4.69, 9.17) is 0 Å². The normalized spacial score (nSPS) is 27.9. The van der Waals surface area contributed by atoms with E-state index in [9.17, 15) is 0 Å². The fourth-order valence-electron chi connectivity index (χ4n) is 2.61. The molecule has 0 heterocycles. The lowest BCUT2D eigenvalue weighted by Crippen LogP contribution is -2.44. The lowest BCUT2D eigenvalue weighted by Gasteiger charge is -2.31. The molecule has 0 saturated heterocycles. The summed E-state index contributed by atoms with van der Waals surface area (Å²) >= 11 is 2.17. The monoisotopic (exact) mass is 258 g/mol. The molecule has 0 aliphatic heterocycles. The molecule has 1 aliphatic rings. The topological polar surface area (TPSA) is 15.3 Å². The summed E-state index contributed by atoms with van der Waals surface area (Å²) in [6, 6.07) is 0.703. The Bertz CT molecular complexity index is 216. The van der Waals surface area contributed by atoms with Crippen LogP contribution in [0.4, 0.5) is 0 Å². The first-order valence-corrected chi connectivity index (χ1v) is 8.02. The third kappa shape index (κ3) is 4.80. The maximum Gasteiger partial charge on any atom is 0.0237 e. The van der Waals surface area contributed by atoms with Crippen molar-refractivity contribution in [2.75, 3.05) is 32.9 Å². The molecule has 2 atom stereocenters. The van der Waals surface area contributed by atoms with Gasteiger partial charge in [-0.05, 0) is 45.3 Å². The molecule has 1 aliphatic carbocycles. The molecule has 2 unspecified atom stereocenters. The van der Waals surface area contributed by atoms with Crippen LogP contribution < -0.4 is 5.32 Å². The summed E-state index contributed by atoms with van der Waals surface area (Å²) in [7, 11) is 4.32. The highest BCUT2D eigenvalue weighted by molar-refractivity contribution is 8.00. The van der Waals surface area contributed by atoms with E-state index in [-0.39, 0.29) is 0 Å². The lowest BCUT2D eigenvalue weighted by atomic mass is 9.87.